The van der Waals surface area contributed by atoms with Crippen molar-refractivity contribution in [2.24, 2.45) is 0 Å². The van der Waals surface area contributed by atoms with E-state index in [1.54, 1.807) is 18.2 Å². The molecule has 1 amide bonds. The van der Waals surface area contributed by atoms with Gasteiger partial charge in [-0.15, -0.1) is 0 Å². The van der Waals surface area contributed by atoms with E-state index in [0.29, 0.717) is 11.4 Å². The van der Waals surface area contributed by atoms with Crippen molar-refractivity contribution < 1.29 is 22.7 Å². The molecule has 0 aliphatic heterocycles. The molecule has 0 aromatic heterocycles. The van der Waals surface area contributed by atoms with Gasteiger partial charge in [-0.05, 0) is 24.3 Å². The maximum atomic E-state index is 12.6. The average Bonchev–Trinajstić information content (AvgIpc) is 2.65. The molecular formula is C18H22N2O5S. The Balaban J connectivity index is 2.11. The van der Waals surface area contributed by atoms with E-state index in [1.807, 2.05) is 18.2 Å². The highest BCUT2D eigenvalue weighted by Gasteiger charge is 2.20. The Bertz CT molecular complexity index is 853. The van der Waals surface area contributed by atoms with Gasteiger partial charge in [0.25, 0.3) is 0 Å². The topological polar surface area (TPSA) is 84.9 Å². The molecule has 2 aromatic rings. The maximum Gasteiger partial charge on any atom is 0.244 e. The molecule has 7 nitrogen and oxygen atoms in total. The summed E-state index contributed by atoms with van der Waals surface area (Å²) in [6.45, 7) is 1.71. The first-order valence-electron chi connectivity index (χ1n) is 7.94. The highest BCUT2D eigenvalue weighted by molar-refractivity contribution is 7.89. The lowest BCUT2D eigenvalue weighted by molar-refractivity contribution is -0.116. The number of hydrogen-bond donors (Lipinski definition) is 1. The summed E-state index contributed by atoms with van der Waals surface area (Å²) >= 11 is 0. The minimum atomic E-state index is -3.80. The second kappa shape index (κ2) is 8.68. The Labute approximate surface area is 153 Å². The number of anilines is 1. The van der Waals surface area contributed by atoms with E-state index in [-0.39, 0.29) is 29.6 Å². The number of carbonyl (C=O) groups excluding carboxylic acids is 1. The Morgan fingerprint density at radius 3 is 2.35 bits per heavy atom. The first-order chi connectivity index (χ1) is 12.4. The van der Waals surface area contributed by atoms with Gasteiger partial charge >= 0.3 is 0 Å². The van der Waals surface area contributed by atoms with Crippen LogP contribution in [0.5, 0.6) is 11.5 Å². The average molecular weight is 378 g/mol. The van der Waals surface area contributed by atoms with Crippen molar-refractivity contribution in [3.05, 3.63) is 48.5 Å². The second-order valence-corrected chi connectivity index (χ2v) is 7.16. The Morgan fingerprint density at radius 1 is 1.08 bits per heavy atom. The third-order valence-electron chi connectivity index (χ3n) is 3.74. The van der Waals surface area contributed by atoms with Gasteiger partial charge in [0.2, 0.25) is 15.9 Å². The van der Waals surface area contributed by atoms with Crippen LogP contribution in [0.4, 0.5) is 5.69 Å². The SMILES string of the molecule is COc1ccc(S(=O)(=O)NCCN(C(C)=O)c2ccccc2)c(OC)c1. The van der Waals surface area contributed by atoms with Crippen LogP contribution in [0.3, 0.4) is 0 Å². The fourth-order valence-corrected chi connectivity index (χ4v) is 3.61. The monoisotopic (exact) mass is 378 g/mol. The zero-order valence-electron chi connectivity index (χ0n) is 14.9. The molecular weight excluding hydrogens is 356 g/mol. The Hall–Kier alpha value is -2.58. The number of hydrogen-bond acceptors (Lipinski definition) is 5. The molecule has 0 radical (unpaired) electrons. The van der Waals surface area contributed by atoms with Crippen LogP contribution in [-0.2, 0) is 14.8 Å². The molecule has 1 N–H and O–H groups in total. The van der Waals surface area contributed by atoms with E-state index in [2.05, 4.69) is 4.72 Å². The van der Waals surface area contributed by atoms with Crippen molar-refractivity contribution in [3.8, 4) is 11.5 Å². The number of nitrogens with one attached hydrogen (secondary N) is 1. The Morgan fingerprint density at radius 2 is 1.77 bits per heavy atom. The molecule has 0 aliphatic rings. The molecule has 2 rings (SSSR count). The van der Waals surface area contributed by atoms with Crippen molar-refractivity contribution in [2.45, 2.75) is 11.8 Å². The highest BCUT2D eigenvalue weighted by atomic mass is 32.2. The number of rotatable bonds is 8. The molecule has 0 saturated carbocycles. The van der Waals surface area contributed by atoms with E-state index in [9.17, 15) is 13.2 Å². The number of nitrogens with zero attached hydrogens (tertiary/aromatic N) is 1. The molecule has 0 fully saturated rings. The summed E-state index contributed by atoms with van der Waals surface area (Å²) in [7, 11) is -0.923. The summed E-state index contributed by atoms with van der Waals surface area (Å²) in [6, 6.07) is 13.5. The molecule has 0 bridgehead atoms. The molecule has 0 unspecified atom stereocenters. The van der Waals surface area contributed by atoms with Gasteiger partial charge in [-0.2, -0.15) is 0 Å². The minimum absolute atomic E-state index is 0.00915. The van der Waals surface area contributed by atoms with Crippen LogP contribution < -0.4 is 19.1 Å². The molecule has 26 heavy (non-hydrogen) atoms. The van der Waals surface area contributed by atoms with Gasteiger partial charge in [0.05, 0.1) is 14.2 Å². The zero-order chi connectivity index (χ0) is 19.2. The molecule has 0 spiro atoms. The fraction of sp³-hybridized carbons (Fsp3) is 0.278. The van der Waals surface area contributed by atoms with Gasteiger partial charge < -0.3 is 14.4 Å². The first kappa shape index (κ1) is 19.7. The van der Waals surface area contributed by atoms with Crippen molar-refractivity contribution in [1.82, 2.24) is 4.72 Å². The van der Waals surface area contributed by atoms with Gasteiger partial charge in [0, 0.05) is 31.8 Å². The summed E-state index contributed by atoms with van der Waals surface area (Å²) in [4.78, 5) is 13.4. The highest BCUT2D eigenvalue weighted by Crippen LogP contribution is 2.28. The largest absolute Gasteiger partial charge is 0.497 e. The molecule has 0 aliphatic carbocycles. The van der Waals surface area contributed by atoms with Crippen LogP contribution in [0.1, 0.15) is 6.92 Å². The standard InChI is InChI=1S/C18H22N2O5S/c1-14(21)20(15-7-5-4-6-8-15)12-11-19-26(22,23)18-10-9-16(24-2)13-17(18)25-3/h4-10,13,19H,11-12H2,1-3H3. The smallest absolute Gasteiger partial charge is 0.244 e. The third kappa shape index (κ3) is 4.74. The predicted octanol–water partition coefficient (Wildman–Crippen LogP) is 2.04. The number of ether oxygens (including phenoxy) is 2. The maximum absolute atomic E-state index is 12.6. The lowest BCUT2D eigenvalue weighted by Gasteiger charge is -2.21. The van der Waals surface area contributed by atoms with Gasteiger partial charge in [-0.25, -0.2) is 13.1 Å². The lowest BCUT2D eigenvalue weighted by Crippen LogP contribution is -2.37. The van der Waals surface area contributed by atoms with Gasteiger partial charge in [-0.1, -0.05) is 18.2 Å². The molecule has 0 atom stereocenters. The number of benzene rings is 2. The van der Waals surface area contributed by atoms with E-state index < -0.39 is 10.0 Å². The van der Waals surface area contributed by atoms with Crippen LogP contribution in [0, 0.1) is 0 Å². The quantitative estimate of drug-likeness (QED) is 0.760. The van der Waals surface area contributed by atoms with Crippen LogP contribution in [0.2, 0.25) is 0 Å². The second-order valence-electron chi connectivity index (χ2n) is 5.42. The predicted molar refractivity (Wildman–Crippen MR) is 99.2 cm³/mol. The summed E-state index contributed by atoms with van der Waals surface area (Å²) in [5, 5.41) is 0. The lowest BCUT2D eigenvalue weighted by atomic mass is 10.3. The van der Waals surface area contributed by atoms with E-state index >= 15 is 0 Å². The third-order valence-corrected chi connectivity index (χ3v) is 5.24. The summed E-state index contributed by atoms with van der Waals surface area (Å²) in [5.74, 6) is 0.508. The van der Waals surface area contributed by atoms with E-state index in [1.165, 1.54) is 38.2 Å². The van der Waals surface area contributed by atoms with Gasteiger partial charge in [0.15, 0.2) is 0 Å². The van der Waals surface area contributed by atoms with Crippen LogP contribution in [0.15, 0.2) is 53.4 Å². The van der Waals surface area contributed by atoms with Gasteiger partial charge in [0.1, 0.15) is 16.4 Å². The number of sulfonamides is 1. The molecule has 0 saturated heterocycles. The number of carbonyl (C=O) groups is 1. The fourth-order valence-electron chi connectivity index (χ4n) is 2.44. The van der Waals surface area contributed by atoms with Crippen LogP contribution in [0.25, 0.3) is 0 Å². The van der Waals surface area contributed by atoms with Crippen molar-refractivity contribution in [1.29, 1.82) is 0 Å². The molecule has 2 aromatic carbocycles. The van der Waals surface area contributed by atoms with Gasteiger partial charge in [-0.3, -0.25) is 4.79 Å². The normalized spacial score (nSPS) is 11.0. The van der Waals surface area contributed by atoms with Crippen molar-refractivity contribution >= 4 is 21.6 Å². The molecule has 0 heterocycles. The zero-order valence-corrected chi connectivity index (χ0v) is 15.7. The van der Waals surface area contributed by atoms with E-state index in [4.69, 9.17) is 9.47 Å². The van der Waals surface area contributed by atoms with Crippen molar-refractivity contribution in [2.75, 3.05) is 32.2 Å². The number of methoxy groups -OCH3 is 2. The van der Waals surface area contributed by atoms with E-state index in [0.717, 1.165) is 0 Å². The van der Waals surface area contributed by atoms with Crippen LogP contribution in [-0.4, -0.2) is 41.6 Å². The van der Waals surface area contributed by atoms with Crippen molar-refractivity contribution in [3.63, 3.8) is 0 Å². The number of amides is 1. The summed E-state index contributed by atoms with van der Waals surface area (Å²) in [5.41, 5.74) is 0.709. The summed E-state index contributed by atoms with van der Waals surface area (Å²) in [6.07, 6.45) is 0. The molecule has 8 heteroatoms. The summed E-state index contributed by atoms with van der Waals surface area (Å²) < 4.78 is 37.8. The van der Waals surface area contributed by atoms with Crippen LogP contribution >= 0.6 is 0 Å². The molecule has 140 valence electrons. The number of para-hydroxylation sites is 1. The minimum Gasteiger partial charge on any atom is -0.497 e. The first-order valence-corrected chi connectivity index (χ1v) is 9.42. The Kier molecular flexibility index (Phi) is 6.59.